The van der Waals surface area contributed by atoms with Gasteiger partial charge in [-0.05, 0) is 30.5 Å². The van der Waals surface area contributed by atoms with Crippen LogP contribution in [0.3, 0.4) is 0 Å². The first-order valence-corrected chi connectivity index (χ1v) is 5.13. The van der Waals surface area contributed by atoms with E-state index >= 15 is 0 Å². The largest absolute Gasteiger partial charge is 0.383 e. The zero-order valence-electron chi connectivity index (χ0n) is 8.47. The van der Waals surface area contributed by atoms with Gasteiger partial charge < -0.3 is 10.0 Å². The van der Waals surface area contributed by atoms with Crippen molar-refractivity contribution in [3.05, 3.63) is 30.1 Å². The standard InChI is InChI=1S/C11H14N2O2/c14-10-2-1-7-13(11(10)15)8-9-3-5-12-6-4-9/h3-6,10,14H,1-2,7-8H2. The summed E-state index contributed by atoms with van der Waals surface area (Å²) in [5, 5.41) is 9.42. The van der Waals surface area contributed by atoms with E-state index in [0.29, 0.717) is 13.0 Å². The average Bonchev–Trinajstić information content (AvgIpc) is 2.26. The monoisotopic (exact) mass is 206 g/mol. The van der Waals surface area contributed by atoms with Crippen LogP contribution in [0.4, 0.5) is 0 Å². The van der Waals surface area contributed by atoms with E-state index in [9.17, 15) is 9.90 Å². The Morgan fingerprint density at radius 2 is 2.20 bits per heavy atom. The van der Waals surface area contributed by atoms with Crippen LogP contribution in [0.15, 0.2) is 24.5 Å². The summed E-state index contributed by atoms with van der Waals surface area (Å²) >= 11 is 0. The normalized spacial score (nSPS) is 21.8. The smallest absolute Gasteiger partial charge is 0.251 e. The maximum Gasteiger partial charge on any atom is 0.251 e. The molecule has 0 bridgehead atoms. The molecule has 2 rings (SSSR count). The van der Waals surface area contributed by atoms with Gasteiger partial charge in [-0.3, -0.25) is 9.78 Å². The summed E-state index contributed by atoms with van der Waals surface area (Å²) in [6.07, 6.45) is 4.07. The topological polar surface area (TPSA) is 53.4 Å². The minimum atomic E-state index is -0.805. The molecule has 1 N–H and O–H groups in total. The molecule has 0 spiro atoms. The van der Waals surface area contributed by atoms with Crippen molar-refractivity contribution < 1.29 is 9.90 Å². The Bertz CT molecular complexity index is 340. The molecule has 15 heavy (non-hydrogen) atoms. The van der Waals surface area contributed by atoms with Gasteiger partial charge in [-0.15, -0.1) is 0 Å². The predicted molar refractivity (Wildman–Crippen MR) is 54.9 cm³/mol. The second kappa shape index (κ2) is 4.40. The van der Waals surface area contributed by atoms with Crippen LogP contribution in [0.2, 0.25) is 0 Å². The van der Waals surface area contributed by atoms with Crippen molar-refractivity contribution in [3.8, 4) is 0 Å². The van der Waals surface area contributed by atoms with E-state index in [4.69, 9.17) is 0 Å². The molecule has 80 valence electrons. The third-order valence-corrected chi connectivity index (χ3v) is 2.63. The number of aliphatic hydroxyl groups excluding tert-OH is 1. The number of piperidine rings is 1. The molecule has 4 heteroatoms. The molecule has 0 aliphatic carbocycles. The van der Waals surface area contributed by atoms with Gasteiger partial charge in [0.25, 0.3) is 5.91 Å². The van der Waals surface area contributed by atoms with Crippen LogP contribution in [0.25, 0.3) is 0 Å². The van der Waals surface area contributed by atoms with E-state index in [-0.39, 0.29) is 5.91 Å². The molecule has 1 aliphatic heterocycles. The first kappa shape index (κ1) is 10.1. The molecule has 1 aliphatic rings. The third-order valence-electron chi connectivity index (χ3n) is 2.63. The number of carbonyl (C=O) groups excluding carboxylic acids is 1. The number of rotatable bonds is 2. The summed E-state index contributed by atoms with van der Waals surface area (Å²) in [6.45, 7) is 1.30. The lowest BCUT2D eigenvalue weighted by Gasteiger charge is -2.29. The number of carbonyl (C=O) groups is 1. The maximum absolute atomic E-state index is 11.6. The average molecular weight is 206 g/mol. The molecule has 1 aromatic heterocycles. The highest BCUT2D eigenvalue weighted by Crippen LogP contribution is 2.14. The van der Waals surface area contributed by atoms with Crippen LogP contribution in [0, 0.1) is 0 Å². The molecular weight excluding hydrogens is 192 g/mol. The summed E-state index contributed by atoms with van der Waals surface area (Å²) in [5.41, 5.74) is 1.05. The molecule has 4 nitrogen and oxygen atoms in total. The molecule has 0 aromatic carbocycles. The lowest BCUT2D eigenvalue weighted by molar-refractivity contribution is -0.144. The molecule has 1 saturated heterocycles. The van der Waals surface area contributed by atoms with E-state index in [1.54, 1.807) is 17.3 Å². The van der Waals surface area contributed by atoms with E-state index in [1.807, 2.05) is 12.1 Å². The number of aromatic nitrogens is 1. The van der Waals surface area contributed by atoms with Crippen molar-refractivity contribution in [1.29, 1.82) is 0 Å². The number of pyridine rings is 1. The number of hydrogen-bond acceptors (Lipinski definition) is 3. The SMILES string of the molecule is O=C1C(O)CCCN1Cc1ccncc1. The van der Waals surface area contributed by atoms with Gasteiger partial charge in [0, 0.05) is 25.5 Å². The zero-order chi connectivity index (χ0) is 10.7. The Hall–Kier alpha value is -1.42. The number of nitrogens with zero attached hydrogens (tertiary/aromatic N) is 2. The summed E-state index contributed by atoms with van der Waals surface area (Å²) in [7, 11) is 0. The highest BCUT2D eigenvalue weighted by atomic mass is 16.3. The second-order valence-corrected chi connectivity index (χ2v) is 3.77. The summed E-state index contributed by atoms with van der Waals surface area (Å²) in [4.78, 5) is 17.2. The minimum absolute atomic E-state index is 0.155. The highest BCUT2D eigenvalue weighted by molar-refractivity contribution is 5.81. The predicted octanol–water partition coefficient (Wildman–Crippen LogP) is 0.565. The van der Waals surface area contributed by atoms with Crippen molar-refractivity contribution in [1.82, 2.24) is 9.88 Å². The quantitative estimate of drug-likeness (QED) is 0.769. The van der Waals surface area contributed by atoms with Gasteiger partial charge in [-0.1, -0.05) is 0 Å². The number of amides is 1. The molecule has 0 radical (unpaired) electrons. The fourth-order valence-electron chi connectivity index (χ4n) is 1.79. The molecule has 0 saturated carbocycles. The molecule has 1 aromatic rings. The van der Waals surface area contributed by atoms with Crippen molar-refractivity contribution in [3.63, 3.8) is 0 Å². The van der Waals surface area contributed by atoms with Gasteiger partial charge in [-0.25, -0.2) is 0 Å². The van der Waals surface area contributed by atoms with Crippen LogP contribution >= 0.6 is 0 Å². The van der Waals surface area contributed by atoms with E-state index in [2.05, 4.69) is 4.98 Å². The lowest BCUT2D eigenvalue weighted by Crippen LogP contribution is -2.43. The van der Waals surface area contributed by atoms with Gasteiger partial charge in [0.2, 0.25) is 0 Å². The Morgan fingerprint density at radius 1 is 1.47 bits per heavy atom. The first-order chi connectivity index (χ1) is 7.27. The van der Waals surface area contributed by atoms with Crippen molar-refractivity contribution >= 4 is 5.91 Å². The molecule has 1 atom stereocenters. The fourth-order valence-corrected chi connectivity index (χ4v) is 1.79. The van der Waals surface area contributed by atoms with Crippen LogP contribution in [0.5, 0.6) is 0 Å². The van der Waals surface area contributed by atoms with Crippen LogP contribution in [-0.4, -0.2) is 33.5 Å². The summed E-state index contributed by atoms with van der Waals surface area (Å²) in [6, 6.07) is 3.77. The van der Waals surface area contributed by atoms with E-state index in [0.717, 1.165) is 18.5 Å². The first-order valence-electron chi connectivity index (χ1n) is 5.13. The third kappa shape index (κ3) is 2.33. The maximum atomic E-state index is 11.6. The van der Waals surface area contributed by atoms with Gasteiger partial charge in [0.1, 0.15) is 6.10 Å². The van der Waals surface area contributed by atoms with Crippen molar-refractivity contribution in [2.45, 2.75) is 25.5 Å². The van der Waals surface area contributed by atoms with E-state index < -0.39 is 6.10 Å². The number of likely N-dealkylation sites (tertiary alicyclic amines) is 1. The number of aliphatic hydroxyl groups is 1. The molecule has 1 unspecified atom stereocenters. The lowest BCUT2D eigenvalue weighted by atomic mass is 10.1. The Kier molecular flexibility index (Phi) is 2.97. The second-order valence-electron chi connectivity index (χ2n) is 3.77. The van der Waals surface area contributed by atoms with E-state index in [1.165, 1.54) is 0 Å². The zero-order valence-corrected chi connectivity index (χ0v) is 8.47. The Labute approximate surface area is 88.6 Å². The molecule has 1 fully saturated rings. The molecule has 1 amide bonds. The Balaban J connectivity index is 2.03. The van der Waals surface area contributed by atoms with Crippen LogP contribution in [-0.2, 0) is 11.3 Å². The molecular formula is C11H14N2O2. The van der Waals surface area contributed by atoms with Gasteiger partial charge in [0.05, 0.1) is 0 Å². The summed E-state index contributed by atoms with van der Waals surface area (Å²) in [5.74, 6) is -0.155. The van der Waals surface area contributed by atoms with Gasteiger partial charge >= 0.3 is 0 Å². The highest BCUT2D eigenvalue weighted by Gasteiger charge is 2.26. The Morgan fingerprint density at radius 3 is 2.93 bits per heavy atom. The van der Waals surface area contributed by atoms with Gasteiger partial charge in [0.15, 0.2) is 0 Å². The summed E-state index contributed by atoms with van der Waals surface area (Å²) < 4.78 is 0. The fraction of sp³-hybridized carbons (Fsp3) is 0.455. The van der Waals surface area contributed by atoms with Crippen molar-refractivity contribution in [2.24, 2.45) is 0 Å². The minimum Gasteiger partial charge on any atom is -0.383 e. The molecule has 2 heterocycles. The van der Waals surface area contributed by atoms with Crippen LogP contribution in [0.1, 0.15) is 18.4 Å². The van der Waals surface area contributed by atoms with Crippen molar-refractivity contribution in [2.75, 3.05) is 6.54 Å². The van der Waals surface area contributed by atoms with Gasteiger partial charge in [-0.2, -0.15) is 0 Å². The number of hydrogen-bond donors (Lipinski definition) is 1. The van der Waals surface area contributed by atoms with Crippen LogP contribution < -0.4 is 0 Å².